The van der Waals surface area contributed by atoms with E-state index in [0.717, 1.165) is 18.4 Å². The average molecular weight is 456 g/mol. The summed E-state index contributed by atoms with van der Waals surface area (Å²) in [6.45, 7) is 12.5. The molecular weight excluding hydrogens is 429 g/mol. The van der Waals surface area contributed by atoms with Gasteiger partial charge in [0.2, 0.25) is 5.69 Å². The molecule has 2 atom stereocenters. The first kappa shape index (κ1) is 22.3. The Balaban J connectivity index is 1.44. The zero-order chi connectivity index (χ0) is 23.0. The zero-order valence-corrected chi connectivity index (χ0v) is 19.2. The van der Waals surface area contributed by atoms with Crippen LogP contribution < -0.4 is 5.32 Å². The van der Waals surface area contributed by atoms with Crippen LogP contribution >= 0.6 is 11.3 Å². The molecule has 2 aromatic rings. The Morgan fingerprint density at radius 1 is 1.19 bits per heavy atom. The fourth-order valence-corrected chi connectivity index (χ4v) is 5.46. The van der Waals surface area contributed by atoms with E-state index in [1.165, 1.54) is 23.5 Å². The summed E-state index contributed by atoms with van der Waals surface area (Å²) in [5, 5.41) is 4.81. The fraction of sp³-hybridized carbons (Fsp3) is 0.458. The number of alkyl carbamates (subject to hydrolysis) is 1. The first-order valence-corrected chi connectivity index (χ1v) is 11.6. The van der Waals surface area contributed by atoms with E-state index in [0.29, 0.717) is 23.3 Å². The van der Waals surface area contributed by atoms with Crippen LogP contribution in [0, 0.1) is 12.4 Å². The van der Waals surface area contributed by atoms with E-state index in [2.05, 4.69) is 10.2 Å². The van der Waals surface area contributed by atoms with Crippen LogP contribution in [0.5, 0.6) is 0 Å². The maximum absolute atomic E-state index is 14.0. The molecule has 0 saturated carbocycles. The summed E-state index contributed by atoms with van der Waals surface area (Å²) in [6, 6.07) is 6.45. The minimum absolute atomic E-state index is 0.00534. The summed E-state index contributed by atoms with van der Waals surface area (Å²) in [6.07, 6.45) is 2.85. The van der Waals surface area contributed by atoms with Crippen LogP contribution in [0.15, 0.2) is 29.6 Å². The number of carbonyl (C=O) groups is 2. The van der Waals surface area contributed by atoms with Gasteiger partial charge in [0.25, 0.3) is 5.91 Å². The third-order valence-electron chi connectivity index (χ3n) is 5.90. The molecule has 1 aromatic carbocycles. The number of halogens is 1. The molecule has 2 bridgehead atoms. The fourth-order valence-electron chi connectivity index (χ4n) is 4.60. The number of hydrogen-bond acceptors (Lipinski definition) is 4. The molecule has 4 rings (SSSR count). The normalized spacial score (nSPS) is 22.3. The molecule has 1 aromatic heterocycles. The molecule has 2 saturated heterocycles. The molecule has 3 heterocycles. The molecule has 2 unspecified atom stereocenters. The van der Waals surface area contributed by atoms with Crippen LogP contribution in [0.2, 0.25) is 0 Å². The van der Waals surface area contributed by atoms with Crippen molar-refractivity contribution in [2.24, 2.45) is 0 Å². The molecule has 1 N–H and O–H groups in total. The zero-order valence-electron chi connectivity index (χ0n) is 18.4. The van der Waals surface area contributed by atoms with Crippen LogP contribution in [0.4, 0.5) is 14.9 Å². The summed E-state index contributed by atoms with van der Waals surface area (Å²) in [7, 11) is 0. The largest absolute Gasteiger partial charge is 0.444 e. The van der Waals surface area contributed by atoms with Gasteiger partial charge < -0.3 is 15.0 Å². The first-order valence-electron chi connectivity index (χ1n) is 10.7. The van der Waals surface area contributed by atoms with Crippen molar-refractivity contribution in [3.8, 4) is 11.1 Å². The number of ether oxygens (including phenoxy) is 1. The first-order chi connectivity index (χ1) is 15.1. The van der Waals surface area contributed by atoms with Gasteiger partial charge in [-0.2, -0.15) is 0 Å². The standard InChI is InChI=1S/C24H26FN3O3S/c1-24(2,3)31-23(30)27-16-11-17-6-7-18(12-16)28(17)22(29)21-10-15(13-32-21)14-5-8-20(26-4)19(25)9-14/h5,8-10,13,16-18H,6-7,11-12H2,1-3H3,(H,27,30). The van der Waals surface area contributed by atoms with E-state index in [1.807, 2.05) is 31.1 Å². The number of fused-ring (bicyclic) bond motifs is 2. The lowest BCUT2D eigenvalue weighted by atomic mass is 9.97. The quantitative estimate of drug-likeness (QED) is 0.598. The predicted molar refractivity (Wildman–Crippen MR) is 121 cm³/mol. The lowest BCUT2D eigenvalue weighted by molar-refractivity contribution is 0.0420. The molecule has 0 aliphatic carbocycles. The minimum Gasteiger partial charge on any atom is -0.444 e. The molecule has 6 nitrogen and oxygen atoms in total. The molecule has 168 valence electrons. The molecule has 0 spiro atoms. The van der Waals surface area contributed by atoms with Crippen molar-refractivity contribution in [3.05, 3.63) is 51.8 Å². The van der Waals surface area contributed by atoms with Crippen molar-refractivity contribution in [1.29, 1.82) is 0 Å². The lowest BCUT2D eigenvalue weighted by Gasteiger charge is -2.39. The van der Waals surface area contributed by atoms with Gasteiger partial charge in [-0.3, -0.25) is 4.79 Å². The molecule has 2 aliphatic heterocycles. The number of amides is 2. The van der Waals surface area contributed by atoms with Crippen LogP contribution in [-0.4, -0.2) is 40.6 Å². The maximum Gasteiger partial charge on any atom is 0.407 e. The molecule has 32 heavy (non-hydrogen) atoms. The summed E-state index contributed by atoms with van der Waals surface area (Å²) >= 11 is 1.35. The third kappa shape index (κ3) is 4.63. The Kier molecular flexibility index (Phi) is 5.95. The Bertz CT molecular complexity index is 1070. The van der Waals surface area contributed by atoms with Gasteiger partial charge in [0.15, 0.2) is 0 Å². The Morgan fingerprint density at radius 3 is 2.47 bits per heavy atom. The van der Waals surface area contributed by atoms with Crippen LogP contribution in [0.3, 0.4) is 0 Å². The van der Waals surface area contributed by atoms with E-state index >= 15 is 0 Å². The Morgan fingerprint density at radius 2 is 1.88 bits per heavy atom. The Hall–Kier alpha value is -2.92. The van der Waals surface area contributed by atoms with Crippen LogP contribution in [0.25, 0.3) is 16.0 Å². The van der Waals surface area contributed by atoms with Crippen molar-refractivity contribution in [3.63, 3.8) is 0 Å². The van der Waals surface area contributed by atoms with Crippen molar-refractivity contribution in [1.82, 2.24) is 10.2 Å². The second-order valence-electron chi connectivity index (χ2n) is 9.39. The van der Waals surface area contributed by atoms with Gasteiger partial charge in [0, 0.05) is 18.1 Å². The monoisotopic (exact) mass is 455 g/mol. The highest BCUT2D eigenvalue weighted by molar-refractivity contribution is 7.12. The molecule has 2 amide bonds. The number of nitrogens with one attached hydrogen (secondary N) is 1. The van der Waals surface area contributed by atoms with E-state index in [9.17, 15) is 14.0 Å². The predicted octanol–water partition coefficient (Wildman–Crippen LogP) is 5.77. The maximum atomic E-state index is 14.0. The number of piperidine rings is 1. The molecular formula is C24H26FN3O3S. The van der Waals surface area contributed by atoms with E-state index < -0.39 is 17.5 Å². The van der Waals surface area contributed by atoms with Crippen LogP contribution in [-0.2, 0) is 4.74 Å². The molecule has 8 heteroatoms. The minimum atomic E-state index is -0.561. The van der Waals surface area contributed by atoms with E-state index in [4.69, 9.17) is 11.3 Å². The van der Waals surface area contributed by atoms with Crippen molar-refractivity contribution < 1.29 is 18.7 Å². The molecule has 2 aliphatic rings. The summed E-state index contributed by atoms with van der Waals surface area (Å²) in [5.74, 6) is -0.572. The molecule has 2 fully saturated rings. The highest BCUT2D eigenvalue weighted by Gasteiger charge is 2.44. The average Bonchev–Trinajstić information content (AvgIpc) is 3.29. The van der Waals surface area contributed by atoms with Gasteiger partial charge in [-0.15, -0.1) is 11.3 Å². The van der Waals surface area contributed by atoms with Gasteiger partial charge in [-0.25, -0.2) is 14.0 Å². The van der Waals surface area contributed by atoms with Gasteiger partial charge in [0.05, 0.1) is 11.4 Å². The van der Waals surface area contributed by atoms with Crippen molar-refractivity contribution in [2.75, 3.05) is 0 Å². The van der Waals surface area contributed by atoms with Gasteiger partial charge in [-0.05, 0) is 75.1 Å². The summed E-state index contributed by atoms with van der Waals surface area (Å²) < 4.78 is 19.4. The summed E-state index contributed by atoms with van der Waals surface area (Å²) in [4.78, 5) is 31.2. The number of carbonyl (C=O) groups excluding carboxylic acids is 2. The third-order valence-corrected chi connectivity index (χ3v) is 6.82. The lowest BCUT2D eigenvalue weighted by Crippen LogP contribution is -2.52. The van der Waals surface area contributed by atoms with Gasteiger partial charge in [0.1, 0.15) is 11.4 Å². The molecule has 0 radical (unpaired) electrons. The number of benzene rings is 1. The highest BCUT2D eigenvalue weighted by atomic mass is 32.1. The van der Waals surface area contributed by atoms with Crippen LogP contribution in [0.1, 0.15) is 56.1 Å². The van der Waals surface area contributed by atoms with E-state index in [1.54, 1.807) is 12.1 Å². The van der Waals surface area contributed by atoms with Crippen molar-refractivity contribution >= 4 is 29.0 Å². The highest BCUT2D eigenvalue weighted by Crippen LogP contribution is 2.38. The summed E-state index contributed by atoms with van der Waals surface area (Å²) in [5.41, 5.74) is 0.853. The van der Waals surface area contributed by atoms with E-state index in [-0.39, 0.29) is 29.7 Å². The number of nitrogens with zero attached hydrogens (tertiary/aromatic N) is 2. The Labute approximate surface area is 191 Å². The number of thiophene rings is 1. The number of hydrogen-bond donors (Lipinski definition) is 1. The van der Waals surface area contributed by atoms with Gasteiger partial charge >= 0.3 is 6.09 Å². The number of rotatable bonds is 3. The second kappa shape index (κ2) is 8.55. The topological polar surface area (TPSA) is 63.0 Å². The SMILES string of the molecule is [C-]#[N+]c1ccc(-c2csc(C(=O)N3C4CCC3CC(NC(=O)OC(C)(C)C)C4)c2)cc1F. The second-order valence-corrected chi connectivity index (χ2v) is 10.3. The van der Waals surface area contributed by atoms with Crippen molar-refractivity contribution in [2.45, 2.75) is 70.2 Å². The van der Waals surface area contributed by atoms with Gasteiger partial charge in [-0.1, -0.05) is 12.1 Å². The smallest absolute Gasteiger partial charge is 0.407 e.